The summed E-state index contributed by atoms with van der Waals surface area (Å²) in [6, 6.07) is 12.6. The number of rotatable bonds is 2. The van der Waals surface area contributed by atoms with Crippen molar-refractivity contribution in [2.45, 2.75) is 0 Å². The van der Waals surface area contributed by atoms with Gasteiger partial charge in [0.1, 0.15) is 11.8 Å². The average molecular weight is 292 g/mol. The van der Waals surface area contributed by atoms with Crippen molar-refractivity contribution in [1.82, 2.24) is 0 Å². The monoisotopic (exact) mass is 292 g/mol. The third-order valence-corrected chi connectivity index (χ3v) is 3.19. The van der Waals surface area contributed by atoms with Gasteiger partial charge in [-0.25, -0.2) is 4.99 Å². The normalized spacial score (nSPS) is 14.3. The van der Waals surface area contributed by atoms with Crippen molar-refractivity contribution in [2.75, 3.05) is 5.32 Å². The molecule has 0 bridgehead atoms. The Morgan fingerprint density at radius 3 is 2.73 bits per heavy atom. The number of nitrogens with zero attached hydrogens (tertiary/aromatic N) is 3. The highest BCUT2D eigenvalue weighted by Crippen LogP contribution is 2.30. The molecule has 1 heterocycles. The van der Waals surface area contributed by atoms with Gasteiger partial charge in [0, 0.05) is 17.7 Å². The lowest BCUT2D eigenvalue weighted by molar-refractivity contribution is -0.384. The number of benzene rings is 2. The highest BCUT2D eigenvalue weighted by molar-refractivity contribution is 6.54. The van der Waals surface area contributed by atoms with Crippen LogP contribution in [0.5, 0.6) is 0 Å². The van der Waals surface area contributed by atoms with Crippen LogP contribution in [-0.2, 0) is 4.79 Å². The van der Waals surface area contributed by atoms with E-state index in [1.807, 2.05) is 6.07 Å². The van der Waals surface area contributed by atoms with Gasteiger partial charge in [0.15, 0.2) is 0 Å². The van der Waals surface area contributed by atoms with Crippen LogP contribution in [0.2, 0.25) is 0 Å². The Morgan fingerprint density at radius 1 is 1.23 bits per heavy atom. The van der Waals surface area contributed by atoms with E-state index in [1.165, 1.54) is 18.2 Å². The number of nitro benzene ring substituents is 1. The third-order valence-electron chi connectivity index (χ3n) is 3.19. The molecule has 3 rings (SSSR count). The molecule has 7 nitrogen and oxygen atoms in total. The number of carbonyl (C=O) groups excluding carboxylic acids is 1. The van der Waals surface area contributed by atoms with Gasteiger partial charge in [-0.15, -0.1) is 0 Å². The first kappa shape index (κ1) is 13.5. The number of anilines is 1. The van der Waals surface area contributed by atoms with Gasteiger partial charge in [0.2, 0.25) is 0 Å². The topological polar surface area (TPSA) is 108 Å². The maximum absolute atomic E-state index is 12.0. The number of nitrogens with one attached hydrogen (secondary N) is 1. The number of amides is 1. The molecular formula is C15H8N4O3. The van der Waals surface area contributed by atoms with Crippen LogP contribution in [0.15, 0.2) is 47.5 Å². The summed E-state index contributed by atoms with van der Waals surface area (Å²) in [7, 11) is 0. The molecule has 22 heavy (non-hydrogen) atoms. The molecule has 0 spiro atoms. The molecule has 2 aromatic carbocycles. The molecule has 0 saturated carbocycles. The lowest BCUT2D eigenvalue weighted by Gasteiger charge is -2.00. The molecule has 1 aliphatic heterocycles. The van der Waals surface area contributed by atoms with Gasteiger partial charge in [-0.1, -0.05) is 12.1 Å². The molecule has 0 aromatic heterocycles. The molecule has 7 heteroatoms. The second-order valence-corrected chi connectivity index (χ2v) is 4.53. The molecule has 0 radical (unpaired) electrons. The van der Waals surface area contributed by atoms with E-state index in [9.17, 15) is 14.9 Å². The summed E-state index contributed by atoms with van der Waals surface area (Å²) < 4.78 is 0. The van der Waals surface area contributed by atoms with Gasteiger partial charge in [-0.2, -0.15) is 5.26 Å². The lowest BCUT2D eigenvalue weighted by atomic mass is 10.1. The van der Waals surface area contributed by atoms with Gasteiger partial charge in [0.05, 0.1) is 21.9 Å². The first-order valence-electron chi connectivity index (χ1n) is 6.28. The Bertz CT molecular complexity index is 881. The van der Waals surface area contributed by atoms with Crippen LogP contribution in [0.25, 0.3) is 0 Å². The quantitative estimate of drug-likeness (QED) is 0.677. The molecule has 1 amide bonds. The van der Waals surface area contributed by atoms with Crippen LogP contribution in [-0.4, -0.2) is 16.5 Å². The Kier molecular flexibility index (Phi) is 3.12. The number of non-ortho nitro benzene ring substituents is 1. The largest absolute Gasteiger partial charge is 0.320 e. The van der Waals surface area contributed by atoms with E-state index in [2.05, 4.69) is 10.3 Å². The number of aliphatic imine (C=N–C) groups is 1. The summed E-state index contributed by atoms with van der Waals surface area (Å²) in [5.74, 6) is -0.455. The number of nitriles is 1. The van der Waals surface area contributed by atoms with E-state index in [0.29, 0.717) is 22.5 Å². The molecule has 0 fully saturated rings. The first-order chi connectivity index (χ1) is 10.6. The zero-order chi connectivity index (χ0) is 15.7. The van der Waals surface area contributed by atoms with E-state index in [1.54, 1.807) is 24.3 Å². The molecule has 0 unspecified atom stereocenters. The lowest BCUT2D eigenvalue weighted by Crippen LogP contribution is -2.14. The van der Waals surface area contributed by atoms with E-state index < -0.39 is 10.8 Å². The average Bonchev–Trinajstić information content (AvgIpc) is 2.83. The summed E-state index contributed by atoms with van der Waals surface area (Å²) in [6.07, 6.45) is 0. The molecule has 0 atom stereocenters. The van der Waals surface area contributed by atoms with Crippen molar-refractivity contribution < 1.29 is 9.72 Å². The fourth-order valence-electron chi connectivity index (χ4n) is 2.15. The Balaban J connectivity index is 2.16. The van der Waals surface area contributed by atoms with Crippen LogP contribution >= 0.6 is 0 Å². The van der Waals surface area contributed by atoms with Gasteiger partial charge in [0.25, 0.3) is 11.6 Å². The molecule has 1 N–H and O–H groups in total. The van der Waals surface area contributed by atoms with Crippen molar-refractivity contribution in [2.24, 2.45) is 4.99 Å². The van der Waals surface area contributed by atoms with E-state index in [4.69, 9.17) is 5.26 Å². The highest BCUT2D eigenvalue weighted by atomic mass is 16.6. The van der Waals surface area contributed by atoms with Crippen LogP contribution < -0.4 is 5.32 Å². The fraction of sp³-hybridized carbons (Fsp3) is 0. The summed E-state index contributed by atoms with van der Waals surface area (Å²) in [5.41, 5.74) is 1.41. The van der Waals surface area contributed by atoms with Crippen LogP contribution in [0, 0.1) is 21.4 Å². The predicted molar refractivity (Wildman–Crippen MR) is 79.1 cm³/mol. The SMILES string of the molecule is N#Cc1ccccc1N=C1C(=O)Nc2ccc([N+](=O)[O-])cc21. The summed E-state index contributed by atoms with van der Waals surface area (Å²) in [6.45, 7) is 0. The van der Waals surface area contributed by atoms with Crippen molar-refractivity contribution in [3.05, 3.63) is 63.7 Å². The number of fused-ring (bicyclic) bond motifs is 1. The smallest absolute Gasteiger partial charge is 0.275 e. The van der Waals surface area contributed by atoms with E-state index >= 15 is 0 Å². The Morgan fingerprint density at radius 2 is 2.00 bits per heavy atom. The molecule has 0 aliphatic carbocycles. The second kappa shape index (κ2) is 5.10. The van der Waals surface area contributed by atoms with E-state index in [0.717, 1.165) is 0 Å². The van der Waals surface area contributed by atoms with Crippen molar-refractivity contribution in [1.29, 1.82) is 5.26 Å². The van der Waals surface area contributed by atoms with Crippen LogP contribution in [0.3, 0.4) is 0 Å². The summed E-state index contributed by atoms with van der Waals surface area (Å²) in [5, 5.41) is 22.5. The molecule has 1 aliphatic rings. The minimum Gasteiger partial charge on any atom is -0.320 e. The molecule has 2 aromatic rings. The van der Waals surface area contributed by atoms with Gasteiger partial charge >= 0.3 is 0 Å². The predicted octanol–water partition coefficient (Wildman–Crippen LogP) is 2.54. The fourth-order valence-corrected chi connectivity index (χ4v) is 2.15. The van der Waals surface area contributed by atoms with Crippen molar-refractivity contribution in [3.8, 4) is 6.07 Å². The van der Waals surface area contributed by atoms with Gasteiger partial charge < -0.3 is 5.32 Å². The zero-order valence-corrected chi connectivity index (χ0v) is 11.1. The van der Waals surface area contributed by atoms with Gasteiger partial charge in [-0.05, 0) is 18.2 Å². The zero-order valence-electron chi connectivity index (χ0n) is 11.1. The molecule has 0 saturated heterocycles. The second-order valence-electron chi connectivity index (χ2n) is 4.53. The molecular weight excluding hydrogens is 284 g/mol. The van der Waals surface area contributed by atoms with Crippen molar-refractivity contribution in [3.63, 3.8) is 0 Å². The Hall–Kier alpha value is -3.53. The highest BCUT2D eigenvalue weighted by Gasteiger charge is 2.28. The number of para-hydroxylation sites is 1. The number of carbonyl (C=O) groups is 1. The maximum Gasteiger partial charge on any atom is 0.275 e. The summed E-state index contributed by atoms with van der Waals surface area (Å²) in [4.78, 5) is 26.6. The minimum absolute atomic E-state index is 0.0569. The minimum atomic E-state index is -0.538. The number of hydrogen-bond acceptors (Lipinski definition) is 5. The standard InChI is InChI=1S/C15H8N4O3/c16-8-9-3-1-2-4-12(9)17-14-11-7-10(19(21)22)5-6-13(11)18-15(14)20/h1-7H,(H,17,18,20). The van der Waals surface area contributed by atoms with Crippen LogP contribution in [0.4, 0.5) is 17.1 Å². The van der Waals surface area contributed by atoms with Crippen molar-refractivity contribution >= 4 is 28.7 Å². The summed E-state index contributed by atoms with van der Waals surface area (Å²) >= 11 is 0. The first-order valence-corrected chi connectivity index (χ1v) is 6.28. The van der Waals surface area contributed by atoms with Gasteiger partial charge in [-0.3, -0.25) is 14.9 Å². The third kappa shape index (κ3) is 2.19. The number of hydrogen-bond donors (Lipinski definition) is 1. The van der Waals surface area contributed by atoms with E-state index in [-0.39, 0.29) is 11.4 Å². The Labute approximate surface area is 124 Å². The number of nitro groups is 1. The maximum atomic E-state index is 12.0. The molecule has 106 valence electrons. The van der Waals surface area contributed by atoms with Crippen LogP contribution in [0.1, 0.15) is 11.1 Å².